The van der Waals surface area contributed by atoms with E-state index in [2.05, 4.69) is 25.2 Å². The molecule has 0 fully saturated rings. The highest BCUT2D eigenvalue weighted by Crippen LogP contribution is 2.05. The number of allylic oxidation sites excluding steroid dienone is 1. The minimum atomic E-state index is -0.130. The summed E-state index contributed by atoms with van der Waals surface area (Å²) in [5.41, 5.74) is 1.28. The molecule has 0 aromatic heterocycles. The van der Waals surface area contributed by atoms with E-state index in [1.165, 1.54) is 5.57 Å². The number of rotatable bonds is 6. The van der Waals surface area contributed by atoms with Crippen LogP contribution in [0.4, 0.5) is 0 Å². The first-order valence-corrected chi connectivity index (χ1v) is 5.52. The second-order valence-electron chi connectivity index (χ2n) is 4.02. The number of hydrogen-bond donors (Lipinski definition) is 1. The molecular formula is C12H23NO2. The van der Waals surface area contributed by atoms with E-state index in [9.17, 15) is 4.79 Å². The Morgan fingerprint density at radius 1 is 1.40 bits per heavy atom. The first kappa shape index (κ1) is 14.2. The highest BCUT2D eigenvalue weighted by molar-refractivity contribution is 5.72. The number of ether oxygens (including phenoxy) is 1. The molecule has 15 heavy (non-hydrogen) atoms. The Morgan fingerprint density at radius 2 is 2.00 bits per heavy atom. The molecule has 3 nitrogen and oxygen atoms in total. The summed E-state index contributed by atoms with van der Waals surface area (Å²) < 4.78 is 4.96. The molecule has 0 saturated carbocycles. The van der Waals surface area contributed by atoms with Crippen LogP contribution in [0.1, 0.15) is 34.6 Å². The van der Waals surface area contributed by atoms with Crippen LogP contribution in [0.25, 0.3) is 0 Å². The van der Waals surface area contributed by atoms with Gasteiger partial charge in [-0.3, -0.25) is 4.79 Å². The van der Waals surface area contributed by atoms with Crippen molar-refractivity contribution in [2.75, 3.05) is 13.2 Å². The quantitative estimate of drug-likeness (QED) is 0.542. The topological polar surface area (TPSA) is 38.3 Å². The van der Waals surface area contributed by atoms with E-state index in [1.807, 2.05) is 20.8 Å². The summed E-state index contributed by atoms with van der Waals surface area (Å²) in [5.74, 6) is -0.231. The molecule has 0 heterocycles. The first-order valence-electron chi connectivity index (χ1n) is 5.52. The standard InChI is InChI=1S/C12H23NO2/c1-6-15-12(14)10(4)11(5)13-8-7-9(2)3/h7,10-11,13H,6,8H2,1-5H3/t10-,11-/m0/s1. The van der Waals surface area contributed by atoms with E-state index >= 15 is 0 Å². The van der Waals surface area contributed by atoms with E-state index < -0.39 is 0 Å². The Balaban J connectivity index is 3.93. The lowest BCUT2D eigenvalue weighted by atomic mass is 10.0. The zero-order chi connectivity index (χ0) is 11.8. The summed E-state index contributed by atoms with van der Waals surface area (Å²) >= 11 is 0. The van der Waals surface area contributed by atoms with Gasteiger partial charge in [0.1, 0.15) is 0 Å². The van der Waals surface area contributed by atoms with Gasteiger partial charge in [-0.15, -0.1) is 0 Å². The molecule has 1 N–H and O–H groups in total. The molecule has 88 valence electrons. The van der Waals surface area contributed by atoms with Crippen LogP contribution in [0.15, 0.2) is 11.6 Å². The van der Waals surface area contributed by atoms with Crippen molar-refractivity contribution in [1.29, 1.82) is 0 Å². The van der Waals surface area contributed by atoms with Crippen LogP contribution in [0.5, 0.6) is 0 Å². The molecular weight excluding hydrogens is 190 g/mol. The lowest BCUT2D eigenvalue weighted by Crippen LogP contribution is -2.37. The summed E-state index contributed by atoms with van der Waals surface area (Å²) in [6.45, 7) is 11.1. The van der Waals surface area contributed by atoms with Crippen LogP contribution >= 0.6 is 0 Å². The number of carbonyl (C=O) groups excluding carboxylic acids is 1. The molecule has 0 radical (unpaired) electrons. The maximum Gasteiger partial charge on any atom is 0.310 e. The third kappa shape index (κ3) is 6.28. The average molecular weight is 213 g/mol. The largest absolute Gasteiger partial charge is 0.466 e. The zero-order valence-electron chi connectivity index (χ0n) is 10.5. The number of esters is 1. The number of hydrogen-bond acceptors (Lipinski definition) is 3. The van der Waals surface area contributed by atoms with Crippen LogP contribution < -0.4 is 5.32 Å². The monoisotopic (exact) mass is 213 g/mol. The second kappa shape index (κ2) is 7.46. The number of nitrogens with one attached hydrogen (secondary N) is 1. The van der Waals surface area contributed by atoms with Crippen molar-refractivity contribution < 1.29 is 9.53 Å². The molecule has 0 aromatic rings. The predicted octanol–water partition coefficient (Wildman–Crippen LogP) is 2.13. The van der Waals surface area contributed by atoms with Gasteiger partial charge in [0, 0.05) is 12.6 Å². The Labute approximate surface area is 92.9 Å². The fourth-order valence-electron chi connectivity index (χ4n) is 1.10. The lowest BCUT2D eigenvalue weighted by Gasteiger charge is -2.19. The Morgan fingerprint density at radius 3 is 2.47 bits per heavy atom. The maximum absolute atomic E-state index is 11.4. The van der Waals surface area contributed by atoms with Crippen LogP contribution in [0.2, 0.25) is 0 Å². The average Bonchev–Trinajstić information content (AvgIpc) is 2.16. The van der Waals surface area contributed by atoms with Gasteiger partial charge in [0.2, 0.25) is 0 Å². The van der Waals surface area contributed by atoms with Crippen molar-refractivity contribution in [2.45, 2.75) is 40.7 Å². The summed E-state index contributed by atoms with van der Waals surface area (Å²) in [5, 5.41) is 3.28. The van der Waals surface area contributed by atoms with Crippen molar-refractivity contribution in [3.05, 3.63) is 11.6 Å². The minimum Gasteiger partial charge on any atom is -0.466 e. The van der Waals surface area contributed by atoms with Crippen molar-refractivity contribution in [3.8, 4) is 0 Å². The van der Waals surface area contributed by atoms with Gasteiger partial charge >= 0.3 is 5.97 Å². The molecule has 0 amide bonds. The van der Waals surface area contributed by atoms with Gasteiger partial charge in [0.15, 0.2) is 0 Å². The molecule has 0 aliphatic carbocycles. The first-order chi connectivity index (χ1) is 6.99. The van der Waals surface area contributed by atoms with Crippen LogP contribution in [-0.2, 0) is 9.53 Å². The van der Waals surface area contributed by atoms with E-state index in [0.29, 0.717) is 6.61 Å². The molecule has 0 aliphatic heterocycles. The Bertz CT molecular complexity index is 220. The molecule has 2 atom stereocenters. The van der Waals surface area contributed by atoms with Gasteiger partial charge in [-0.1, -0.05) is 18.6 Å². The van der Waals surface area contributed by atoms with E-state index in [4.69, 9.17) is 4.74 Å². The van der Waals surface area contributed by atoms with Crippen molar-refractivity contribution in [2.24, 2.45) is 5.92 Å². The van der Waals surface area contributed by atoms with Crippen molar-refractivity contribution >= 4 is 5.97 Å². The molecule has 3 heteroatoms. The lowest BCUT2D eigenvalue weighted by molar-refractivity contribution is -0.148. The van der Waals surface area contributed by atoms with Crippen LogP contribution in [0, 0.1) is 5.92 Å². The normalized spacial score (nSPS) is 14.2. The van der Waals surface area contributed by atoms with Gasteiger partial charge < -0.3 is 10.1 Å². The fraction of sp³-hybridized carbons (Fsp3) is 0.750. The summed E-state index contributed by atoms with van der Waals surface area (Å²) in [6.07, 6.45) is 2.11. The van der Waals surface area contributed by atoms with Gasteiger partial charge in [0.25, 0.3) is 0 Å². The fourth-order valence-corrected chi connectivity index (χ4v) is 1.10. The third-order valence-electron chi connectivity index (χ3n) is 2.36. The van der Waals surface area contributed by atoms with Crippen LogP contribution in [-0.4, -0.2) is 25.2 Å². The van der Waals surface area contributed by atoms with E-state index in [1.54, 1.807) is 0 Å². The van der Waals surface area contributed by atoms with Gasteiger partial charge in [-0.2, -0.15) is 0 Å². The highest BCUT2D eigenvalue weighted by Gasteiger charge is 2.20. The molecule has 0 unspecified atom stereocenters. The third-order valence-corrected chi connectivity index (χ3v) is 2.36. The maximum atomic E-state index is 11.4. The highest BCUT2D eigenvalue weighted by atomic mass is 16.5. The molecule has 0 bridgehead atoms. The van der Waals surface area contributed by atoms with Crippen molar-refractivity contribution in [1.82, 2.24) is 5.32 Å². The smallest absolute Gasteiger partial charge is 0.310 e. The van der Waals surface area contributed by atoms with Crippen molar-refractivity contribution in [3.63, 3.8) is 0 Å². The molecule has 0 saturated heterocycles. The summed E-state index contributed by atoms with van der Waals surface area (Å²) in [4.78, 5) is 11.4. The molecule has 0 aliphatic rings. The molecule has 0 aromatic carbocycles. The SMILES string of the molecule is CCOC(=O)[C@@H](C)[C@H](C)NCC=C(C)C. The van der Waals surface area contributed by atoms with Crippen LogP contribution in [0.3, 0.4) is 0 Å². The summed E-state index contributed by atoms with van der Waals surface area (Å²) in [6, 6.07) is 0.139. The van der Waals surface area contributed by atoms with Gasteiger partial charge in [-0.25, -0.2) is 0 Å². The minimum absolute atomic E-state index is 0.101. The summed E-state index contributed by atoms with van der Waals surface area (Å²) in [7, 11) is 0. The van der Waals surface area contributed by atoms with Gasteiger partial charge in [-0.05, 0) is 27.7 Å². The Hall–Kier alpha value is -0.830. The zero-order valence-corrected chi connectivity index (χ0v) is 10.5. The second-order valence-corrected chi connectivity index (χ2v) is 4.02. The number of carbonyl (C=O) groups is 1. The van der Waals surface area contributed by atoms with E-state index in [0.717, 1.165) is 6.54 Å². The van der Waals surface area contributed by atoms with E-state index in [-0.39, 0.29) is 17.9 Å². The Kier molecular flexibility index (Phi) is 7.05. The molecule has 0 rings (SSSR count). The predicted molar refractivity (Wildman–Crippen MR) is 62.7 cm³/mol. The van der Waals surface area contributed by atoms with Gasteiger partial charge in [0.05, 0.1) is 12.5 Å². The molecule has 0 spiro atoms.